The van der Waals surface area contributed by atoms with Crippen LogP contribution >= 0.6 is 0 Å². The normalized spacial score (nSPS) is 15.6. The van der Waals surface area contributed by atoms with Crippen molar-refractivity contribution >= 4 is 5.91 Å². The lowest BCUT2D eigenvalue weighted by atomic mass is 9.92. The van der Waals surface area contributed by atoms with E-state index in [9.17, 15) is 9.70 Å². The van der Waals surface area contributed by atoms with Gasteiger partial charge in [0.15, 0.2) is 5.82 Å². The summed E-state index contributed by atoms with van der Waals surface area (Å²) in [6, 6.07) is 11.2. The van der Waals surface area contributed by atoms with Gasteiger partial charge in [-0.2, -0.15) is 5.10 Å². The molecule has 8 nitrogen and oxygen atoms in total. The number of benzene rings is 1. The maximum Gasteiger partial charge on any atom is 0.320 e. The molecule has 3 heterocycles. The Morgan fingerprint density at radius 1 is 1.11 bits per heavy atom. The number of aromatic nitrogens is 3. The molecule has 3 aromatic rings. The van der Waals surface area contributed by atoms with Crippen molar-refractivity contribution in [3.05, 3.63) is 104 Å². The Labute approximate surface area is 261 Å². The molecule has 0 atom stereocenters. The highest BCUT2D eigenvalue weighted by Gasteiger charge is 2.24. The molecule has 0 unspecified atom stereocenters. The molecule has 0 saturated heterocycles. The second-order valence-electron chi connectivity index (χ2n) is 12.1. The molecule has 8 heteroatoms. The van der Waals surface area contributed by atoms with Gasteiger partial charge in [-0.3, -0.25) is 9.69 Å². The van der Waals surface area contributed by atoms with Crippen LogP contribution in [-0.2, 0) is 37.2 Å². The van der Waals surface area contributed by atoms with Gasteiger partial charge in [-0.15, -0.1) is 4.91 Å². The van der Waals surface area contributed by atoms with E-state index in [-0.39, 0.29) is 5.56 Å². The monoisotopic (exact) mass is 595 g/mol. The molecule has 44 heavy (non-hydrogen) atoms. The number of hydrogen-bond donors (Lipinski definition) is 0. The first kappa shape index (κ1) is 31.5. The minimum atomic E-state index is -0.812. The Bertz CT molecular complexity index is 1580. The van der Waals surface area contributed by atoms with Crippen molar-refractivity contribution in [2.24, 2.45) is 5.18 Å². The average molecular weight is 596 g/mol. The summed E-state index contributed by atoms with van der Waals surface area (Å²) in [6.45, 7) is 13.6. The first-order valence-electron chi connectivity index (χ1n) is 16.1. The Balaban J connectivity index is 1.34. The number of carbonyl (C=O) groups is 1. The maximum absolute atomic E-state index is 12.0. The van der Waals surface area contributed by atoms with E-state index in [1.54, 1.807) is 4.68 Å². The summed E-state index contributed by atoms with van der Waals surface area (Å²) in [4.78, 5) is 30.4. The summed E-state index contributed by atoms with van der Waals surface area (Å²) in [5, 5.41) is 6.94. The van der Waals surface area contributed by atoms with Crippen LogP contribution in [0.3, 0.4) is 0 Å². The van der Waals surface area contributed by atoms with Crippen molar-refractivity contribution in [1.82, 2.24) is 19.7 Å². The van der Waals surface area contributed by atoms with Crippen molar-refractivity contribution in [2.75, 3.05) is 6.54 Å². The highest BCUT2D eigenvalue weighted by molar-refractivity contribution is 5.95. The number of fused-ring (bicyclic) bond motifs is 1. The van der Waals surface area contributed by atoms with Crippen LogP contribution < -0.4 is 0 Å². The smallest absolute Gasteiger partial charge is 0.320 e. The van der Waals surface area contributed by atoms with Crippen LogP contribution in [0.4, 0.5) is 0 Å². The number of hydrogen-bond acceptors (Lipinski definition) is 6. The van der Waals surface area contributed by atoms with Crippen LogP contribution in [0, 0.1) is 11.8 Å². The van der Waals surface area contributed by atoms with Crippen molar-refractivity contribution in [3.63, 3.8) is 0 Å². The number of nitrogens with zero attached hydrogens (tertiary/aromatic N) is 5. The van der Waals surface area contributed by atoms with E-state index in [0.717, 1.165) is 55.8 Å². The number of ether oxygens (including phenoxy) is 1. The van der Waals surface area contributed by atoms with Gasteiger partial charge in [0.25, 0.3) is 0 Å². The standard InChI is InChI=1S/C36H45N5O3/c1-6-30(7-2)40-17-16-27-19-26(18-25(5)32(27)22-40)23-44-35-24(4)12-9-10-13-28(35)20-29-14-11-15-34(38-29)41-33(8-3)31(21-37-41)36(42)39-43/h11,13-15,18-19,21,30H,6-10,12,16-17,20,22-23H2,1-5H3. The third-order valence-electron chi connectivity index (χ3n) is 9.22. The van der Waals surface area contributed by atoms with Gasteiger partial charge in [-0.05, 0) is 104 Å². The Hall–Kier alpha value is -3.91. The highest BCUT2D eigenvalue weighted by atomic mass is 16.5. The SMILES string of the molecule is CCc1c(C(=O)N=O)cnn1-c1cccc(CC2=CCCCC(C)=C2OCc2cc(C)c3c(c2)CCN(C(CC)CC)C3)n1. The van der Waals surface area contributed by atoms with E-state index in [4.69, 9.17) is 9.72 Å². The molecule has 2 aromatic heterocycles. The van der Waals surface area contributed by atoms with E-state index in [1.807, 2.05) is 25.1 Å². The van der Waals surface area contributed by atoms with Gasteiger partial charge in [0.05, 0.1) is 17.5 Å². The molecular formula is C36H45N5O3. The Morgan fingerprint density at radius 2 is 1.93 bits per heavy atom. The molecule has 1 aliphatic carbocycles. The number of aryl methyl sites for hydroxylation is 1. The molecule has 2 aliphatic rings. The van der Waals surface area contributed by atoms with Crippen LogP contribution in [-0.4, -0.2) is 38.2 Å². The van der Waals surface area contributed by atoms with E-state index in [2.05, 4.69) is 61.1 Å². The first-order valence-corrected chi connectivity index (χ1v) is 16.1. The predicted molar refractivity (Wildman–Crippen MR) is 174 cm³/mol. The van der Waals surface area contributed by atoms with E-state index in [1.165, 1.54) is 46.9 Å². The van der Waals surface area contributed by atoms with Crippen LogP contribution in [0.5, 0.6) is 0 Å². The Kier molecular flexibility index (Phi) is 10.2. The Morgan fingerprint density at radius 3 is 2.68 bits per heavy atom. The number of rotatable bonds is 11. The maximum atomic E-state index is 12.0. The minimum Gasteiger partial charge on any atom is -0.489 e. The molecule has 1 aromatic carbocycles. The predicted octanol–water partition coefficient (Wildman–Crippen LogP) is 7.74. The van der Waals surface area contributed by atoms with Crippen molar-refractivity contribution in [2.45, 2.75) is 105 Å². The number of carbonyl (C=O) groups excluding carboxylic acids is 1. The zero-order valence-electron chi connectivity index (χ0n) is 26.9. The zero-order valence-corrected chi connectivity index (χ0v) is 26.9. The van der Waals surface area contributed by atoms with Gasteiger partial charge in [0.1, 0.15) is 12.4 Å². The molecule has 232 valence electrons. The van der Waals surface area contributed by atoms with Gasteiger partial charge in [-0.1, -0.05) is 45.0 Å². The van der Waals surface area contributed by atoms with Crippen molar-refractivity contribution in [1.29, 1.82) is 0 Å². The fourth-order valence-corrected chi connectivity index (χ4v) is 6.83. The number of amides is 1. The third-order valence-corrected chi connectivity index (χ3v) is 9.22. The second kappa shape index (κ2) is 14.2. The van der Waals surface area contributed by atoms with Gasteiger partial charge < -0.3 is 4.74 Å². The molecule has 0 spiro atoms. The average Bonchev–Trinajstić information content (AvgIpc) is 3.40. The summed E-state index contributed by atoms with van der Waals surface area (Å²) < 4.78 is 8.29. The number of nitroso groups, excluding NO2 is 1. The summed E-state index contributed by atoms with van der Waals surface area (Å²) in [5.41, 5.74) is 9.69. The van der Waals surface area contributed by atoms with Gasteiger partial charge in [0, 0.05) is 36.4 Å². The van der Waals surface area contributed by atoms with E-state index >= 15 is 0 Å². The largest absolute Gasteiger partial charge is 0.489 e. The van der Waals surface area contributed by atoms with Crippen LogP contribution in [0.1, 0.15) is 104 Å². The van der Waals surface area contributed by atoms with Gasteiger partial charge in [0.2, 0.25) is 0 Å². The topological polar surface area (TPSA) is 89.7 Å². The fourth-order valence-electron chi connectivity index (χ4n) is 6.83. The zero-order chi connectivity index (χ0) is 31.2. The summed E-state index contributed by atoms with van der Waals surface area (Å²) >= 11 is 0. The van der Waals surface area contributed by atoms with Crippen molar-refractivity contribution < 1.29 is 9.53 Å². The molecule has 0 bridgehead atoms. The number of allylic oxidation sites excluding steroid dienone is 3. The molecule has 5 rings (SSSR count). The third kappa shape index (κ3) is 6.75. The first-order chi connectivity index (χ1) is 21.4. The fraction of sp³-hybridized carbons (Fsp3) is 0.472. The van der Waals surface area contributed by atoms with Crippen molar-refractivity contribution in [3.8, 4) is 5.82 Å². The molecule has 0 radical (unpaired) electrons. The van der Waals surface area contributed by atoms with E-state index < -0.39 is 5.91 Å². The summed E-state index contributed by atoms with van der Waals surface area (Å²) in [7, 11) is 0. The van der Waals surface area contributed by atoms with Crippen LogP contribution in [0.25, 0.3) is 5.82 Å². The molecule has 0 saturated carbocycles. The second-order valence-corrected chi connectivity index (χ2v) is 12.1. The minimum absolute atomic E-state index is 0.219. The molecule has 0 fully saturated rings. The van der Waals surface area contributed by atoms with Crippen LogP contribution in [0.15, 0.2) is 64.7 Å². The molecule has 1 amide bonds. The summed E-state index contributed by atoms with van der Waals surface area (Å²) in [6.07, 6.45) is 11.4. The quantitative estimate of drug-likeness (QED) is 0.211. The molecular weight excluding hydrogens is 550 g/mol. The van der Waals surface area contributed by atoms with Crippen LogP contribution in [0.2, 0.25) is 0 Å². The van der Waals surface area contributed by atoms with Gasteiger partial charge in [-0.25, -0.2) is 9.67 Å². The lowest BCUT2D eigenvalue weighted by Crippen LogP contribution is -2.39. The van der Waals surface area contributed by atoms with E-state index in [0.29, 0.717) is 37.0 Å². The highest BCUT2D eigenvalue weighted by Crippen LogP contribution is 2.31. The lowest BCUT2D eigenvalue weighted by molar-refractivity contribution is 0.1000. The number of pyridine rings is 1. The molecule has 1 aliphatic heterocycles. The lowest BCUT2D eigenvalue weighted by Gasteiger charge is -2.35. The molecule has 0 N–H and O–H groups in total. The summed E-state index contributed by atoms with van der Waals surface area (Å²) in [5.74, 6) is 0.769. The van der Waals surface area contributed by atoms with Gasteiger partial charge >= 0.3 is 5.91 Å².